The first-order valence-corrected chi connectivity index (χ1v) is 6.47. The molecule has 2 fully saturated rings. The molecule has 2 saturated heterocycles. The van der Waals surface area contributed by atoms with Gasteiger partial charge in [-0.2, -0.15) is 0 Å². The standard InChI is InChI=1S/C13H24N2.ClH/c1-2-13-5-3-4-10-15(13)11-12-6-8-14-9-7-12;/h2,12-14H,1,3-11H2;1H. The van der Waals surface area contributed by atoms with E-state index in [0.717, 1.165) is 5.92 Å². The van der Waals surface area contributed by atoms with E-state index in [1.807, 2.05) is 0 Å². The molecule has 2 aliphatic heterocycles. The highest BCUT2D eigenvalue weighted by Gasteiger charge is 2.23. The zero-order valence-electron chi connectivity index (χ0n) is 10.2. The maximum atomic E-state index is 3.97. The Morgan fingerprint density at radius 3 is 2.62 bits per heavy atom. The van der Waals surface area contributed by atoms with Crippen LogP contribution in [-0.4, -0.2) is 37.1 Å². The smallest absolute Gasteiger partial charge is 0.0275 e. The predicted molar refractivity (Wildman–Crippen MR) is 72.3 cm³/mol. The van der Waals surface area contributed by atoms with Crippen molar-refractivity contribution >= 4 is 12.4 Å². The first-order chi connectivity index (χ1) is 7.40. The Labute approximate surface area is 106 Å². The summed E-state index contributed by atoms with van der Waals surface area (Å²) in [4.78, 5) is 2.66. The van der Waals surface area contributed by atoms with Gasteiger partial charge in [-0.05, 0) is 51.2 Å². The fourth-order valence-electron chi connectivity index (χ4n) is 2.91. The Morgan fingerprint density at radius 2 is 1.94 bits per heavy atom. The van der Waals surface area contributed by atoms with Crippen LogP contribution in [0.4, 0.5) is 0 Å². The van der Waals surface area contributed by atoms with Crippen LogP contribution in [0.5, 0.6) is 0 Å². The van der Waals surface area contributed by atoms with Crippen LogP contribution in [0.1, 0.15) is 32.1 Å². The number of halogens is 1. The third-order valence-electron chi connectivity index (χ3n) is 3.89. The molecule has 0 bridgehead atoms. The Balaban J connectivity index is 0.00000128. The van der Waals surface area contributed by atoms with Crippen LogP contribution >= 0.6 is 12.4 Å². The molecule has 1 atom stereocenters. The minimum absolute atomic E-state index is 0. The van der Waals surface area contributed by atoms with Gasteiger partial charge in [-0.25, -0.2) is 0 Å². The Kier molecular flexibility index (Phi) is 6.40. The molecule has 2 rings (SSSR count). The molecular formula is C13H25ClN2. The number of nitrogens with zero attached hydrogens (tertiary/aromatic N) is 1. The molecule has 0 aromatic rings. The van der Waals surface area contributed by atoms with Crippen molar-refractivity contribution in [1.29, 1.82) is 0 Å². The summed E-state index contributed by atoms with van der Waals surface area (Å²) >= 11 is 0. The molecule has 3 heteroatoms. The molecule has 0 radical (unpaired) electrons. The second-order valence-corrected chi connectivity index (χ2v) is 4.99. The maximum absolute atomic E-state index is 3.97. The van der Waals surface area contributed by atoms with Gasteiger partial charge in [0, 0.05) is 12.6 Å². The molecule has 0 amide bonds. The largest absolute Gasteiger partial charge is 0.317 e. The Bertz CT molecular complexity index is 202. The van der Waals surface area contributed by atoms with Crippen molar-refractivity contribution < 1.29 is 0 Å². The van der Waals surface area contributed by atoms with Crippen molar-refractivity contribution in [1.82, 2.24) is 10.2 Å². The lowest BCUT2D eigenvalue weighted by molar-refractivity contribution is 0.140. The fraction of sp³-hybridized carbons (Fsp3) is 0.846. The topological polar surface area (TPSA) is 15.3 Å². The van der Waals surface area contributed by atoms with Gasteiger partial charge in [-0.1, -0.05) is 12.5 Å². The normalized spacial score (nSPS) is 28.4. The summed E-state index contributed by atoms with van der Waals surface area (Å²) in [5.74, 6) is 0.923. The van der Waals surface area contributed by atoms with Crippen LogP contribution in [0.15, 0.2) is 12.7 Å². The third kappa shape index (κ3) is 3.76. The van der Waals surface area contributed by atoms with Gasteiger partial charge in [0.25, 0.3) is 0 Å². The lowest BCUT2D eigenvalue weighted by Crippen LogP contribution is -2.43. The summed E-state index contributed by atoms with van der Waals surface area (Å²) in [6, 6.07) is 0.661. The van der Waals surface area contributed by atoms with Crippen LogP contribution in [0.3, 0.4) is 0 Å². The van der Waals surface area contributed by atoms with E-state index in [9.17, 15) is 0 Å². The van der Waals surface area contributed by atoms with Crippen LogP contribution < -0.4 is 5.32 Å². The van der Waals surface area contributed by atoms with Crippen LogP contribution in [-0.2, 0) is 0 Å². The maximum Gasteiger partial charge on any atom is 0.0275 e. The number of likely N-dealkylation sites (tertiary alicyclic amines) is 1. The molecule has 16 heavy (non-hydrogen) atoms. The minimum atomic E-state index is 0. The van der Waals surface area contributed by atoms with E-state index in [-0.39, 0.29) is 12.4 Å². The van der Waals surface area contributed by atoms with Crippen molar-refractivity contribution in [2.45, 2.75) is 38.1 Å². The van der Waals surface area contributed by atoms with E-state index in [2.05, 4.69) is 22.9 Å². The van der Waals surface area contributed by atoms with Gasteiger partial charge in [-0.15, -0.1) is 19.0 Å². The summed E-state index contributed by atoms with van der Waals surface area (Å²) in [6.07, 6.45) is 8.98. The van der Waals surface area contributed by atoms with Gasteiger partial charge in [0.15, 0.2) is 0 Å². The van der Waals surface area contributed by atoms with Gasteiger partial charge >= 0.3 is 0 Å². The number of hydrogen-bond donors (Lipinski definition) is 1. The minimum Gasteiger partial charge on any atom is -0.317 e. The molecule has 1 N–H and O–H groups in total. The van der Waals surface area contributed by atoms with Gasteiger partial charge in [0.05, 0.1) is 0 Å². The number of nitrogens with one attached hydrogen (secondary N) is 1. The zero-order chi connectivity index (χ0) is 10.5. The molecule has 0 aromatic heterocycles. The van der Waals surface area contributed by atoms with Gasteiger partial charge < -0.3 is 5.32 Å². The number of rotatable bonds is 3. The lowest BCUT2D eigenvalue weighted by atomic mass is 9.94. The first-order valence-electron chi connectivity index (χ1n) is 6.47. The lowest BCUT2D eigenvalue weighted by Gasteiger charge is -2.37. The van der Waals surface area contributed by atoms with Gasteiger partial charge in [0.1, 0.15) is 0 Å². The van der Waals surface area contributed by atoms with E-state index >= 15 is 0 Å². The van der Waals surface area contributed by atoms with Gasteiger partial charge in [0.2, 0.25) is 0 Å². The number of piperidine rings is 2. The SMILES string of the molecule is C=CC1CCCCN1CC1CCNCC1.Cl. The Hall–Kier alpha value is -0.0500. The number of hydrogen-bond acceptors (Lipinski definition) is 2. The summed E-state index contributed by atoms with van der Waals surface area (Å²) in [5.41, 5.74) is 0. The quantitative estimate of drug-likeness (QED) is 0.768. The summed E-state index contributed by atoms with van der Waals surface area (Å²) in [7, 11) is 0. The van der Waals surface area contributed by atoms with Crippen LogP contribution in [0.2, 0.25) is 0 Å². The van der Waals surface area contributed by atoms with E-state index in [0.29, 0.717) is 6.04 Å². The molecule has 1 unspecified atom stereocenters. The third-order valence-corrected chi connectivity index (χ3v) is 3.89. The molecule has 0 saturated carbocycles. The van der Waals surface area contributed by atoms with Crippen molar-refractivity contribution in [3.05, 3.63) is 12.7 Å². The van der Waals surface area contributed by atoms with Crippen molar-refractivity contribution in [3.8, 4) is 0 Å². The molecule has 94 valence electrons. The van der Waals surface area contributed by atoms with E-state index in [1.165, 1.54) is 58.3 Å². The monoisotopic (exact) mass is 244 g/mol. The molecule has 2 heterocycles. The van der Waals surface area contributed by atoms with Crippen LogP contribution in [0, 0.1) is 5.92 Å². The van der Waals surface area contributed by atoms with Crippen molar-refractivity contribution in [2.24, 2.45) is 5.92 Å². The van der Waals surface area contributed by atoms with Crippen molar-refractivity contribution in [3.63, 3.8) is 0 Å². The van der Waals surface area contributed by atoms with E-state index < -0.39 is 0 Å². The fourth-order valence-corrected chi connectivity index (χ4v) is 2.91. The molecule has 2 aliphatic rings. The summed E-state index contributed by atoms with van der Waals surface area (Å²) in [5, 5.41) is 3.44. The highest BCUT2D eigenvalue weighted by atomic mass is 35.5. The summed E-state index contributed by atoms with van der Waals surface area (Å²) < 4.78 is 0. The van der Waals surface area contributed by atoms with E-state index in [1.54, 1.807) is 0 Å². The molecule has 0 aromatic carbocycles. The molecule has 0 aliphatic carbocycles. The summed E-state index contributed by atoms with van der Waals surface area (Å²) in [6.45, 7) is 9.01. The van der Waals surface area contributed by atoms with Crippen molar-refractivity contribution in [2.75, 3.05) is 26.2 Å². The molecular weight excluding hydrogens is 220 g/mol. The second kappa shape index (κ2) is 7.31. The zero-order valence-corrected chi connectivity index (χ0v) is 11.0. The Morgan fingerprint density at radius 1 is 1.19 bits per heavy atom. The first kappa shape index (κ1) is 14.0. The molecule has 0 spiro atoms. The average Bonchev–Trinajstić information content (AvgIpc) is 2.31. The van der Waals surface area contributed by atoms with Crippen LogP contribution in [0.25, 0.3) is 0 Å². The highest BCUT2D eigenvalue weighted by Crippen LogP contribution is 2.21. The predicted octanol–water partition coefficient (Wildman–Crippen LogP) is 2.45. The average molecular weight is 245 g/mol. The van der Waals surface area contributed by atoms with E-state index in [4.69, 9.17) is 0 Å². The van der Waals surface area contributed by atoms with Gasteiger partial charge in [-0.3, -0.25) is 4.90 Å². The second-order valence-electron chi connectivity index (χ2n) is 4.99. The highest BCUT2D eigenvalue weighted by molar-refractivity contribution is 5.85. The molecule has 2 nitrogen and oxygen atoms in total.